The molecule has 1 unspecified atom stereocenters. The molecule has 0 amide bonds. The first kappa shape index (κ1) is 15.3. The Hall–Kier alpha value is -1.78. The van der Waals surface area contributed by atoms with Crippen molar-refractivity contribution >= 4 is 11.7 Å². The normalized spacial score (nSPS) is 11.8. The van der Waals surface area contributed by atoms with Crippen molar-refractivity contribution in [3.05, 3.63) is 24.0 Å². The highest BCUT2D eigenvalue weighted by molar-refractivity contribution is 5.79. The average molecular weight is 269 g/mol. The molecular formula is C14H20FNO3. The van der Waals surface area contributed by atoms with Gasteiger partial charge in [0.15, 0.2) is 11.6 Å². The lowest BCUT2D eigenvalue weighted by Crippen LogP contribution is -2.30. The third kappa shape index (κ3) is 4.43. The quantitative estimate of drug-likeness (QED) is 0.773. The molecule has 1 rings (SSSR count). The number of rotatable bonds is 7. The van der Waals surface area contributed by atoms with Gasteiger partial charge in [0.05, 0.1) is 13.2 Å². The van der Waals surface area contributed by atoms with Crippen LogP contribution in [0.1, 0.15) is 27.2 Å². The van der Waals surface area contributed by atoms with E-state index < -0.39 is 11.9 Å². The predicted molar refractivity (Wildman–Crippen MR) is 71.9 cm³/mol. The Kier molecular flexibility index (Phi) is 6.12. The molecule has 0 saturated heterocycles. The number of benzene rings is 1. The van der Waals surface area contributed by atoms with Gasteiger partial charge in [0.1, 0.15) is 6.04 Å². The van der Waals surface area contributed by atoms with E-state index >= 15 is 0 Å². The number of carbonyl (C=O) groups excluding carboxylic acids is 1. The molecule has 0 heterocycles. The highest BCUT2D eigenvalue weighted by Crippen LogP contribution is 2.22. The summed E-state index contributed by atoms with van der Waals surface area (Å²) in [6, 6.07) is 4.05. The molecule has 106 valence electrons. The smallest absolute Gasteiger partial charge is 0.328 e. The van der Waals surface area contributed by atoms with Gasteiger partial charge in [-0.2, -0.15) is 0 Å². The van der Waals surface area contributed by atoms with Crippen LogP contribution in [-0.2, 0) is 9.53 Å². The summed E-state index contributed by atoms with van der Waals surface area (Å²) in [7, 11) is 0. The third-order valence-electron chi connectivity index (χ3n) is 2.55. The number of esters is 1. The van der Waals surface area contributed by atoms with Gasteiger partial charge < -0.3 is 14.8 Å². The summed E-state index contributed by atoms with van der Waals surface area (Å²) in [5.74, 6) is -0.581. The van der Waals surface area contributed by atoms with Gasteiger partial charge in [-0.25, -0.2) is 9.18 Å². The van der Waals surface area contributed by atoms with Gasteiger partial charge in [0, 0.05) is 11.8 Å². The molecule has 0 radical (unpaired) electrons. The van der Waals surface area contributed by atoms with Crippen LogP contribution in [0.3, 0.4) is 0 Å². The van der Waals surface area contributed by atoms with E-state index in [0.717, 1.165) is 0 Å². The summed E-state index contributed by atoms with van der Waals surface area (Å²) >= 11 is 0. The van der Waals surface area contributed by atoms with Crippen LogP contribution in [0.5, 0.6) is 5.75 Å². The molecule has 0 spiro atoms. The predicted octanol–water partition coefficient (Wildman–Crippen LogP) is 2.98. The molecule has 0 aromatic heterocycles. The van der Waals surface area contributed by atoms with E-state index in [-0.39, 0.29) is 11.7 Å². The first-order valence-corrected chi connectivity index (χ1v) is 6.47. The van der Waals surface area contributed by atoms with Crippen LogP contribution in [0.15, 0.2) is 18.2 Å². The lowest BCUT2D eigenvalue weighted by atomic mass is 10.2. The molecule has 1 atom stereocenters. The molecule has 0 aliphatic heterocycles. The van der Waals surface area contributed by atoms with Crippen LogP contribution in [0.2, 0.25) is 0 Å². The van der Waals surface area contributed by atoms with Crippen LogP contribution in [-0.4, -0.2) is 25.2 Å². The Balaban J connectivity index is 2.75. The van der Waals surface area contributed by atoms with Crippen LogP contribution in [0.4, 0.5) is 10.1 Å². The maximum absolute atomic E-state index is 13.7. The number of hydrogen-bond acceptors (Lipinski definition) is 4. The molecule has 4 nitrogen and oxygen atoms in total. The van der Waals surface area contributed by atoms with Gasteiger partial charge in [0.25, 0.3) is 0 Å². The summed E-state index contributed by atoms with van der Waals surface area (Å²) in [5.41, 5.74) is 0.529. The van der Waals surface area contributed by atoms with E-state index in [9.17, 15) is 9.18 Å². The summed E-state index contributed by atoms with van der Waals surface area (Å²) in [6.45, 7) is 6.14. The van der Waals surface area contributed by atoms with Crippen molar-refractivity contribution in [3.63, 3.8) is 0 Å². The van der Waals surface area contributed by atoms with Crippen molar-refractivity contribution < 1.29 is 18.7 Å². The van der Waals surface area contributed by atoms with Gasteiger partial charge in [-0.1, -0.05) is 6.92 Å². The topological polar surface area (TPSA) is 47.6 Å². The van der Waals surface area contributed by atoms with Crippen molar-refractivity contribution in [2.75, 3.05) is 18.5 Å². The standard InChI is InChI=1S/C14H20FNO3/c1-4-12(14(17)19-6-3)16-10-7-8-13(18-5-2)11(15)9-10/h7-9,12,16H,4-6H2,1-3H3. The Morgan fingerprint density at radius 1 is 1.32 bits per heavy atom. The molecule has 0 aliphatic rings. The van der Waals surface area contributed by atoms with E-state index in [0.29, 0.717) is 25.3 Å². The minimum absolute atomic E-state index is 0.206. The SMILES string of the molecule is CCOC(=O)C(CC)Nc1ccc(OCC)c(F)c1. The lowest BCUT2D eigenvalue weighted by Gasteiger charge is -2.17. The average Bonchev–Trinajstić information content (AvgIpc) is 2.39. The molecule has 1 N–H and O–H groups in total. The number of hydrogen-bond donors (Lipinski definition) is 1. The van der Waals surface area contributed by atoms with E-state index in [2.05, 4.69) is 5.32 Å². The van der Waals surface area contributed by atoms with E-state index in [1.807, 2.05) is 6.92 Å². The Bertz CT molecular complexity index is 423. The minimum atomic E-state index is -0.475. The zero-order valence-corrected chi connectivity index (χ0v) is 11.5. The number of halogens is 1. The van der Waals surface area contributed by atoms with Crippen molar-refractivity contribution in [1.29, 1.82) is 0 Å². The highest BCUT2D eigenvalue weighted by atomic mass is 19.1. The summed E-state index contributed by atoms with van der Waals surface area (Å²) < 4.78 is 23.7. The summed E-state index contributed by atoms with van der Waals surface area (Å²) in [5, 5.41) is 2.95. The number of carbonyl (C=O) groups is 1. The first-order chi connectivity index (χ1) is 9.12. The van der Waals surface area contributed by atoms with Gasteiger partial charge in [-0.15, -0.1) is 0 Å². The molecule has 0 aliphatic carbocycles. The highest BCUT2D eigenvalue weighted by Gasteiger charge is 2.17. The molecule has 0 saturated carbocycles. The fraction of sp³-hybridized carbons (Fsp3) is 0.500. The molecule has 1 aromatic rings. The van der Waals surface area contributed by atoms with Gasteiger partial charge >= 0.3 is 5.97 Å². The van der Waals surface area contributed by atoms with Crippen LogP contribution >= 0.6 is 0 Å². The van der Waals surface area contributed by atoms with Crippen molar-refractivity contribution in [2.45, 2.75) is 33.2 Å². The number of nitrogens with one attached hydrogen (secondary N) is 1. The molecular weight excluding hydrogens is 249 g/mol. The number of anilines is 1. The first-order valence-electron chi connectivity index (χ1n) is 6.47. The molecule has 19 heavy (non-hydrogen) atoms. The minimum Gasteiger partial charge on any atom is -0.491 e. The largest absolute Gasteiger partial charge is 0.491 e. The Morgan fingerprint density at radius 2 is 2.05 bits per heavy atom. The van der Waals surface area contributed by atoms with Gasteiger partial charge in [-0.05, 0) is 32.4 Å². The second-order valence-electron chi connectivity index (χ2n) is 3.94. The fourth-order valence-electron chi connectivity index (χ4n) is 1.63. The van der Waals surface area contributed by atoms with Crippen LogP contribution in [0.25, 0.3) is 0 Å². The van der Waals surface area contributed by atoms with Crippen LogP contribution < -0.4 is 10.1 Å². The summed E-state index contributed by atoms with van der Waals surface area (Å²) in [4.78, 5) is 11.6. The lowest BCUT2D eigenvalue weighted by molar-refractivity contribution is -0.144. The Morgan fingerprint density at radius 3 is 2.58 bits per heavy atom. The molecule has 1 aromatic carbocycles. The van der Waals surface area contributed by atoms with Crippen LogP contribution in [0, 0.1) is 5.82 Å². The maximum Gasteiger partial charge on any atom is 0.328 e. The van der Waals surface area contributed by atoms with Gasteiger partial charge in [0.2, 0.25) is 0 Å². The third-order valence-corrected chi connectivity index (χ3v) is 2.55. The van der Waals surface area contributed by atoms with E-state index in [1.54, 1.807) is 26.0 Å². The fourth-order valence-corrected chi connectivity index (χ4v) is 1.63. The van der Waals surface area contributed by atoms with E-state index in [1.165, 1.54) is 6.07 Å². The van der Waals surface area contributed by atoms with Crippen molar-refractivity contribution in [2.24, 2.45) is 0 Å². The molecule has 5 heteroatoms. The second kappa shape index (κ2) is 7.61. The maximum atomic E-state index is 13.7. The molecule has 0 fully saturated rings. The number of ether oxygens (including phenoxy) is 2. The second-order valence-corrected chi connectivity index (χ2v) is 3.94. The monoisotopic (exact) mass is 269 g/mol. The van der Waals surface area contributed by atoms with Crippen molar-refractivity contribution in [3.8, 4) is 5.75 Å². The van der Waals surface area contributed by atoms with E-state index in [4.69, 9.17) is 9.47 Å². The summed E-state index contributed by atoms with van der Waals surface area (Å²) in [6.07, 6.45) is 0.563. The van der Waals surface area contributed by atoms with Gasteiger partial charge in [-0.3, -0.25) is 0 Å². The molecule has 0 bridgehead atoms. The Labute approximate surface area is 112 Å². The zero-order valence-electron chi connectivity index (χ0n) is 11.5. The zero-order chi connectivity index (χ0) is 14.3. The van der Waals surface area contributed by atoms with Crippen molar-refractivity contribution in [1.82, 2.24) is 0 Å².